The average molecular weight is 454 g/mol. The van der Waals surface area contributed by atoms with Crippen molar-refractivity contribution in [3.05, 3.63) is 20.8 Å². The van der Waals surface area contributed by atoms with Crippen LogP contribution in [0, 0.1) is 13.8 Å². The third-order valence-electron chi connectivity index (χ3n) is 5.31. The number of nitrogens with zero attached hydrogens (tertiary/aromatic N) is 2. The van der Waals surface area contributed by atoms with Crippen LogP contribution in [-0.2, 0) is 20.8 Å². The highest BCUT2D eigenvalue weighted by Crippen LogP contribution is 2.29. The fraction of sp³-hybridized carbons (Fsp3) is 0.667. The first kappa shape index (κ1) is 23.2. The van der Waals surface area contributed by atoms with Crippen molar-refractivity contribution in [2.75, 3.05) is 26.4 Å². The predicted molar refractivity (Wildman–Crippen MR) is 122 cm³/mol. The molecule has 3 heterocycles. The molecule has 1 aliphatic rings. The van der Waals surface area contributed by atoms with Crippen molar-refractivity contribution < 1.29 is 14.3 Å². The third kappa shape index (κ3) is 5.43. The molecule has 0 bridgehead atoms. The number of fused-ring (bicyclic) bond motifs is 1. The predicted octanol–water partition coefficient (Wildman–Crippen LogP) is 3.28. The van der Waals surface area contributed by atoms with Crippen LogP contribution in [0.1, 0.15) is 43.6 Å². The molecule has 0 radical (unpaired) electrons. The number of carbonyl (C=O) groups excluding carboxylic acids is 1. The van der Waals surface area contributed by atoms with Gasteiger partial charge in [0, 0.05) is 37.8 Å². The summed E-state index contributed by atoms with van der Waals surface area (Å²) in [4.78, 5) is 32.5. The highest BCUT2D eigenvalue weighted by atomic mass is 32.2. The van der Waals surface area contributed by atoms with Crippen molar-refractivity contribution in [3.63, 3.8) is 0 Å². The van der Waals surface area contributed by atoms with Gasteiger partial charge in [0.25, 0.3) is 5.56 Å². The van der Waals surface area contributed by atoms with Gasteiger partial charge in [0.2, 0.25) is 5.91 Å². The summed E-state index contributed by atoms with van der Waals surface area (Å²) >= 11 is 2.86. The van der Waals surface area contributed by atoms with Gasteiger partial charge in [-0.3, -0.25) is 14.2 Å². The van der Waals surface area contributed by atoms with Gasteiger partial charge in [0.15, 0.2) is 5.16 Å². The van der Waals surface area contributed by atoms with Gasteiger partial charge in [-0.15, -0.1) is 11.3 Å². The fourth-order valence-electron chi connectivity index (χ4n) is 3.44. The lowest BCUT2D eigenvalue weighted by Crippen LogP contribution is -2.37. The molecule has 9 heteroatoms. The molecule has 2 aromatic rings. The first-order valence-corrected chi connectivity index (χ1v) is 12.3. The Morgan fingerprint density at radius 1 is 1.47 bits per heavy atom. The van der Waals surface area contributed by atoms with Crippen LogP contribution in [-0.4, -0.2) is 53.2 Å². The molecule has 1 amide bonds. The summed E-state index contributed by atoms with van der Waals surface area (Å²) in [6, 6.07) is 0. The van der Waals surface area contributed by atoms with Crippen LogP contribution in [0.5, 0.6) is 0 Å². The second-order valence-corrected chi connectivity index (χ2v) is 10.0. The van der Waals surface area contributed by atoms with Crippen LogP contribution in [0.25, 0.3) is 10.2 Å². The Morgan fingerprint density at radius 3 is 2.97 bits per heavy atom. The molecule has 1 aliphatic heterocycles. The Hall–Kier alpha value is -1.42. The summed E-state index contributed by atoms with van der Waals surface area (Å²) in [7, 11) is 0. The van der Waals surface area contributed by atoms with Crippen molar-refractivity contribution in [1.82, 2.24) is 14.9 Å². The maximum atomic E-state index is 13.3. The molecule has 0 saturated carbocycles. The van der Waals surface area contributed by atoms with Crippen molar-refractivity contribution >= 4 is 39.2 Å². The van der Waals surface area contributed by atoms with Crippen LogP contribution in [0.2, 0.25) is 0 Å². The van der Waals surface area contributed by atoms with Crippen LogP contribution < -0.4 is 10.9 Å². The molecule has 0 aromatic carbocycles. The van der Waals surface area contributed by atoms with E-state index in [-0.39, 0.29) is 22.8 Å². The van der Waals surface area contributed by atoms with Gasteiger partial charge in [0.05, 0.1) is 16.7 Å². The zero-order valence-electron chi connectivity index (χ0n) is 18.2. The Morgan fingerprint density at radius 2 is 2.27 bits per heavy atom. The van der Waals surface area contributed by atoms with Crippen LogP contribution in [0.3, 0.4) is 0 Å². The summed E-state index contributed by atoms with van der Waals surface area (Å²) in [6.45, 7) is 10.8. The Kier molecular flexibility index (Phi) is 8.33. The average Bonchev–Trinajstić information content (AvgIpc) is 3.33. The zero-order valence-corrected chi connectivity index (χ0v) is 19.8. The van der Waals surface area contributed by atoms with E-state index in [1.54, 1.807) is 4.57 Å². The molecule has 2 atom stereocenters. The number of thiophene rings is 1. The number of carbonyl (C=O) groups is 1. The van der Waals surface area contributed by atoms with E-state index in [1.165, 1.54) is 23.1 Å². The zero-order chi connectivity index (χ0) is 21.7. The minimum Gasteiger partial charge on any atom is -0.382 e. The second-order valence-electron chi connectivity index (χ2n) is 7.51. The van der Waals surface area contributed by atoms with Gasteiger partial charge in [-0.05, 0) is 52.5 Å². The van der Waals surface area contributed by atoms with Gasteiger partial charge in [-0.25, -0.2) is 4.98 Å². The molecule has 30 heavy (non-hydrogen) atoms. The Balaban J connectivity index is 1.79. The lowest BCUT2D eigenvalue weighted by molar-refractivity contribution is -0.120. The third-order valence-corrected chi connectivity index (χ3v) is 7.50. The van der Waals surface area contributed by atoms with Crippen molar-refractivity contribution in [2.24, 2.45) is 0 Å². The lowest BCUT2D eigenvalue weighted by Gasteiger charge is -2.17. The van der Waals surface area contributed by atoms with E-state index in [9.17, 15) is 9.59 Å². The summed E-state index contributed by atoms with van der Waals surface area (Å²) in [5.74, 6) is -0.0655. The minimum atomic E-state index is -0.365. The van der Waals surface area contributed by atoms with Crippen LogP contribution >= 0.6 is 23.1 Å². The highest BCUT2D eigenvalue weighted by molar-refractivity contribution is 8.00. The molecule has 0 aliphatic carbocycles. The van der Waals surface area contributed by atoms with E-state index in [2.05, 4.69) is 5.32 Å². The topological polar surface area (TPSA) is 82.4 Å². The van der Waals surface area contributed by atoms with Gasteiger partial charge >= 0.3 is 0 Å². The van der Waals surface area contributed by atoms with Crippen molar-refractivity contribution in [2.45, 2.75) is 70.0 Å². The maximum Gasteiger partial charge on any atom is 0.263 e. The molecule has 166 valence electrons. The first-order valence-electron chi connectivity index (χ1n) is 10.6. The quantitative estimate of drug-likeness (QED) is 0.338. The summed E-state index contributed by atoms with van der Waals surface area (Å²) in [6.07, 6.45) is 2.85. The monoisotopic (exact) mass is 453 g/mol. The standard InChI is InChI=1S/C21H31N3O4S2/c1-5-27-10-7-9-24-20(26)17-13(2)14(3)29-19(17)23-21(24)30-15(4)18(25)22-12-16-8-6-11-28-16/h15-16H,5-12H2,1-4H3,(H,22,25)/t15-,16+/m0/s1. The molecule has 1 fully saturated rings. The molecule has 1 N–H and O–H groups in total. The largest absolute Gasteiger partial charge is 0.382 e. The SMILES string of the molecule is CCOCCCn1c(S[C@@H](C)C(=O)NC[C@H]2CCCO2)nc2sc(C)c(C)c2c1=O. The minimum absolute atomic E-state index is 0.0344. The summed E-state index contributed by atoms with van der Waals surface area (Å²) < 4.78 is 12.7. The van der Waals surface area contributed by atoms with Gasteiger partial charge in [0.1, 0.15) is 4.83 Å². The number of thioether (sulfide) groups is 1. The van der Waals surface area contributed by atoms with E-state index >= 15 is 0 Å². The van der Waals surface area contributed by atoms with Crippen molar-refractivity contribution in [1.29, 1.82) is 0 Å². The Bertz CT molecular complexity index is 934. The number of amides is 1. The normalized spacial score (nSPS) is 17.5. The second kappa shape index (κ2) is 10.7. The maximum absolute atomic E-state index is 13.3. The number of hydrogen-bond acceptors (Lipinski definition) is 7. The van der Waals surface area contributed by atoms with E-state index in [1.807, 2.05) is 27.7 Å². The number of aromatic nitrogens is 2. The molecule has 1 saturated heterocycles. The Labute approximate surface area is 185 Å². The number of nitrogens with one attached hydrogen (secondary N) is 1. The van der Waals surface area contributed by atoms with E-state index in [0.29, 0.717) is 36.8 Å². The first-order chi connectivity index (χ1) is 14.4. The molecular formula is C21H31N3O4S2. The van der Waals surface area contributed by atoms with Crippen LogP contribution in [0.15, 0.2) is 9.95 Å². The number of ether oxygens (including phenoxy) is 2. The van der Waals surface area contributed by atoms with Gasteiger partial charge in [-0.1, -0.05) is 11.8 Å². The summed E-state index contributed by atoms with van der Waals surface area (Å²) in [5.41, 5.74) is 0.956. The molecule has 7 nitrogen and oxygen atoms in total. The fourth-order valence-corrected chi connectivity index (χ4v) is 5.47. The van der Waals surface area contributed by atoms with Gasteiger partial charge in [-0.2, -0.15) is 0 Å². The van der Waals surface area contributed by atoms with E-state index in [0.717, 1.165) is 41.1 Å². The van der Waals surface area contributed by atoms with E-state index in [4.69, 9.17) is 14.5 Å². The van der Waals surface area contributed by atoms with Gasteiger partial charge < -0.3 is 14.8 Å². The van der Waals surface area contributed by atoms with E-state index < -0.39 is 0 Å². The molecule has 0 unspecified atom stereocenters. The molecule has 3 rings (SSSR count). The van der Waals surface area contributed by atoms with Crippen molar-refractivity contribution in [3.8, 4) is 0 Å². The smallest absolute Gasteiger partial charge is 0.263 e. The molecular weight excluding hydrogens is 422 g/mol. The highest BCUT2D eigenvalue weighted by Gasteiger charge is 2.23. The van der Waals surface area contributed by atoms with Crippen LogP contribution in [0.4, 0.5) is 0 Å². The number of aryl methyl sites for hydroxylation is 2. The number of rotatable bonds is 10. The lowest BCUT2D eigenvalue weighted by atomic mass is 10.2. The number of hydrogen-bond donors (Lipinski definition) is 1. The summed E-state index contributed by atoms with van der Waals surface area (Å²) in [5, 5.41) is 3.88. The molecule has 0 spiro atoms. The molecule has 2 aromatic heterocycles.